The van der Waals surface area contributed by atoms with Crippen molar-refractivity contribution in [1.29, 1.82) is 0 Å². The topological polar surface area (TPSA) is 106 Å². The molecule has 3 rings (SSSR count). The highest BCUT2D eigenvalue weighted by Crippen LogP contribution is 2.18. The SMILES string of the molecule is COc1nc(C(=O)N2CCN(S(C)(=O)=O)CC2)nc(-c2ccccc2)n1. The Morgan fingerprint density at radius 1 is 1.04 bits per heavy atom. The molecule has 0 unspecified atom stereocenters. The number of ether oxygens (including phenoxy) is 1. The van der Waals surface area contributed by atoms with Crippen molar-refractivity contribution in [2.45, 2.75) is 0 Å². The van der Waals surface area contributed by atoms with Gasteiger partial charge < -0.3 is 9.64 Å². The highest BCUT2D eigenvalue weighted by molar-refractivity contribution is 7.88. The lowest BCUT2D eigenvalue weighted by atomic mass is 10.2. The Kier molecular flexibility index (Phi) is 5.14. The fourth-order valence-electron chi connectivity index (χ4n) is 2.62. The molecule has 1 amide bonds. The van der Waals surface area contributed by atoms with E-state index in [-0.39, 0.29) is 43.9 Å². The van der Waals surface area contributed by atoms with Crippen molar-refractivity contribution in [3.05, 3.63) is 36.2 Å². The van der Waals surface area contributed by atoms with Crippen molar-refractivity contribution in [2.24, 2.45) is 0 Å². The van der Waals surface area contributed by atoms with Crippen molar-refractivity contribution in [2.75, 3.05) is 39.5 Å². The van der Waals surface area contributed by atoms with E-state index in [2.05, 4.69) is 15.0 Å². The van der Waals surface area contributed by atoms with Crippen LogP contribution in [0.4, 0.5) is 0 Å². The maximum atomic E-state index is 12.8. The smallest absolute Gasteiger partial charge is 0.320 e. The molecule has 0 radical (unpaired) electrons. The number of aromatic nitrogens is 3. The lowest BCUT2D eigenvalue weighted by Crippen LogP contribution is -2.50. The Morgan fingerprint density at radius 3 is 2.27 bits per heavy atom. The van der Waals surface area contributed by atoms with Gasteiger partial charge in [0.25, 0.3) is 5.91 Å². The minimum absolute atomic E-state index is 0.0245. The van der Waals surface area contributed by atoms with Gasteiger partial charge in [0.15, 0.2) is 5.82 Å². The van der Waals surface area contributed by atoms with E-state index in [1.165, 1.54) is 16.3 Å². The Hall–Kier alpha value is -2.59. The van der Waals surface area contributed by atoms with Gasteiger partial charge in [0.2, 0.25) is 15.8 Å². The molecule has 0 saturated carbocycles. The van der Waals surface area contributed by atoms with Crippen LogP contribution in [-0.2, 0) is 10.0 Å². The van der Waals surface area contributed by atoms with Gasteiger partial charge >= 0.3 is 6.01 Å². The molecule has 0 atom stereocenters. The number of carbonyl (C=O) groups is 1. The first-order valence-electron chi connectivity index (χ1n) is 7.98. The number of nitrogens with zero attached hydrogens (tertiary/aromatic N) is 5. The van der Waals surface area contributed by atoms with Crippen LogP contribution in [-0.4, -0.2) is 78.0 Å². The average Bonchev–Trinajstić information content (AvgIpc) is 2.67. The van der Waals surface area contributed by atoms with Crippen LogP contribution in [0.1, 0.15) is 10.6 Å². The van der Waals surface area contributed by atoms with Gasteiger partial charge in [-0.15, -0.1) is 0 Å². The fourth-order valence-corrected chi connectivity index (χ4v) is 3.45. The lowest BCUT2D eigenvalue weighted by molar-refractivity contribution is 0.0684. The molecular formula is C16H19N5O4S. The van der Waals surface area contributed by atoms with Gasteiger partial charge in [0.1, 0.15) is 0 Å². The summed E-state index contributed by atoms with van der Waals surface area (Å²) in [6.45, 7) is 1.05. The molecule has 138 valence electrons. The zero-order valence-electron chi connectivity index (χ0n) is 14.5. The molecule has 9 nitrogen and oxygen atoms in total. The first kappa shape index (κ1) is 18.2. The van der Waals surface area contributed by atoms with E-state index < -0.39 is 10.0 Å². The number of benzene rings is 1. The van der Waals surface area contributed by atoms with Gasteiger partial charge in [0.05, 0.1) is 13.4 Å². The van der Waals surface area contributed by atoms with Crippen molar-refractivity contribution in [3.63, 3.8) is 0 Å². The van der Waals surface area contributed by atoms with Crippen molar-refractivity contribution < 1.29 is 17.9 Å². The van der Waals surface area contributed by atoms with Crippen molar-refractivity contribution in [1.82, 2.24) is 24.2 Å². The fraction of sp³-hybridized carbons (Fsp3) is 0.375. The number of carbonyl (C=O) groups excluding carboxylic acids is 1. The summed E-state index contributed by atoms with van der Waals surface area (Å²) in [5, 5.41) is 0. The molecule has 1 fully saturated rings. The average molecular weight is 377 g/mol. The maximum absolute atomic E-state index is 12.8. The van der Waals surface area contributed by atoms with Crippen LogP contribution in [0.5, 0.6) is 6.01 Å². The van der Waals surface area contributed by atoms with Gasteiger partial charge in [-0.25, -0.2) is 13.4 Å². The van der Waals surface area contributed by atoms with Crippen molar-refractivity contribution in [3.8, 4) is 17.4 Å². The van der Waals surface area contributed by atoms with Crippen LogP contribution < -0.4 is 4.74 Å². The molecule has 1 aliphatic rings. The van der Waals surface area contributed by atoms with Gasteiger partial charge in [-0.05, 0) is 0 Å². The Morgan fingerprint density at radius 2 is 1.69 bits per heavy atom. The molecule has 2 aromatic rings. The molecule has 10 heteroatoms. The third kappa shape index (κ3) is 3.97. The minimum atomic E-state index is -3.26. The molecule has 1 aliphatic heterocycles. The van der Waals surface area contributed by atoms with Crippen LogP contribution in [0.25, 0.3) is 11.4 Å². The molecule has 1 aromatic carbocycles. The standard InChI is InChI=1S/C16H19N5O4S/c1-25-16-18-13(12-6-4-3-5-7-12)17-14(19-16)15(22)20-8-10-21(11-9-20)26(2,23)24/h3-7H,8-11H2,1-2H3. The van der Waals surface area contributed by atoms with Crippen molar-refractivity contribution >= 4 is 15.9 Å². The summed E-state index contributed by atoms with van der Waals surface area (Å²) in [6, 6.07) is 9.27. The first-order valence-corrected chi connectivity index (χ1v) is 9.83. The highest BCUT2D eigenvalue weighted by Gasteiger charge is 2.28. The third-order valence-corrected chi connectivity index (χ3v) is 5.32. The van der Waals surface area contributed by atoms with E-state index in [1.54, 1.807) is 0 Å². The molecular weight excluding hydrogens is 358 g/mol. The Bertz CT molecular complexity index is 896. The minimum Gasteiger partial charge on any atom is -0.467 e. The molecule has 0 spiro atoms. The van der Waals surface area contributed by atoms with Crippen LogP contribution in [0.15, 0.2) is 30.3 Å². The zero-order chi connectivity index (χ0) is 18.7. The Labute approximate surface area is 151 Å². The molecule has 1 aromatic heterocycles. The van der Waals surface area contributed by atoms with Gasteiger partial charge in [-0.1, -0.05) is 30.3 Å². The number of piperazine rings is 1. The molecule has 0 bridgehead atoms. The Balaban J connectivity index is 1.84. The predicted octanol–water partition coefficient (Wildman–Crippen LogP) is 0.265. The number of hydrogen-bond donors (Lipinski definition) is 0. The van der Waals surface area contributed by atoms with E-state index >= 15 is 0 Å². The van der Waals surface area contributed by atoms with E-state index in [9.17, 15) is 13.2 Å². The summed E-state index contributed by atoms with van der Waals surface area (Å²) in [6.07, 6.45) is 1.16. The second-order valence-electron chi connectivity index (χ2n) is 5.79. The molecule has 26 heavy (non-hydrogen) atoms. The van der Waals surface area contributed by atoms with E-state index in [1.807, 2.05) is 30.3 Å². The summed E-state index contributed by atoms with van der Waals surface area (Å²) in [4.78, 5) is 26.8. The quantitative estimate of drug-likeness (QED) is 0.753. The number of methoxy groups -OCH3 is 1. The summed E-state index contributed by atoms with van der Waals surface area (Å²) in [5.74, 6) is -0.0601. The van der Waals surface area contributed by atoms with E-state index in [0.717, 1.165) is 11.8 Å². The highest BCUT2D eigenvalue weighted by atomic mass is 32.2. The van der Waals surface area contributed by atoms with E-state index in [0.29, 0.717) is 5.82 Å². The van der Waals surface area contributed by atoms with E-state index in [4.69, 9.17) is 4.74 Å². The molecule has 2 heterocycles. The second-order valence-corrected chi connectivity index (χ2v) is 7.77. The molecule has 0 N–H and O–H groups in total. The second kappa shape index (κ2) is 7.34. The van der Waals surface area contributed by atoms with Crippen LogP contribution >= 0.6 is 0 Å². The number of hydrogen-bond acceptors (Lipinski definition) is 7. The molecule has 1 saturated heterocycles. The van der Waals surface area contributed by atoms with Gasteiger partial charge in [0, 0.05) is 31.7 Å². The number of sulfonamides is 1. The summed E-state index contributed by atoms with van der Waals surface area (Å²) >= 11 is 0. The van der Waals surface area contributed by atoms with Crippen LogP contribution in [0, 0.1) is 0 Å². The first-order chi connectivity index (χ1) is 12.4. The largest absolute Gasteiger partial charge is 0.467 e. The third-order valence-electron chi connectivity index (χ3n) is 4.02. The molecule has 0 aliphatic carbocycles. The summed E-state index contributed by atoms with van der Waals surface area (Å²) in [5.41, 5.74) is 0.740. The van der Waals surface area contributed by atoms with Gasteiger partial charge in [-0.3, -0.25) is 4.79 Å². The van der Waals surface area contributed by atoms with Gasteiger partial charge in [-0.2, -0.15) is 14.3 Å². The van der Waals surface area contributed by atoms with Crippen LogP contribution in [0.3, 0.4) is 0 Å². The normalized spacial score (nSPS) is 15.7. The summed E-state index contributed by atoms with van der Waals surface area (Å²) < 4.78 is 29.6. The number of rotatable bonds is 4. The van der Waals surface area contributed by atoms with Crippen LogP contribution in [0.2, 0.25) is 0 Å². The number of amides is 1. The monoisotopic (exact) mass is 377 g/mol. The lowest BCUT2D eigenvalue weighted by Gasteiger charge is -2.32. The predicted molar refractivity (Wildman–Crippen MR) is 94.1 cm³/mol. The zero-order valence-corrected chi connectivity index (χ0v) is 15.3. The maximum Gasteiger partial charge on any atom is 0.320 e. The summed E-state index contributed by atoms with van der Waals surface area (Å²) in [7, 11) is -1.84.